The van der Waals surface area contributed by atoms with Crippen LogP contribution in [-0.4, -0.2) is 30.9 Å². The third-order valence-corrected chi connectivity index (χ3v) is 5.00. The standard InChI is InChI=1S/C16H14ClN7OS/c1-8-3-4-11-9(5-19-22-11)13(8)20-15(25)12-6-18-16(26-12)21-14-10(17)7-24(2)23-14/h3-7H,1-2H3,(H,19,22)(H,20,25)(H,18,21,23). The Balaban J connectivity index is 1.55. The Morgan fingerprint density at radius 2 is 2.19 bits per heavy atom. The zero-order valence-electron chi connectivity index (χ0n) is 13.9. The summed E-state index contributed by atoms with van der Waals surface area (Å²) in [6.07, 6.45) is 4.89. The molecule has 0 spiro atoms. The third-order valence-electron chi connectivity index (χ3n) is 3.81. The first-order valence-electron chi connectivity index (χ1n) is 7.67. The van der Waals surface area contributed by atoms with Crippen molar-refractivity contribution in [3.05, 3.63) is 46.2 Å². The number of thiazole rings is 1. The predicted molar refractivity (Wildman–Crippen MR) is 102 cm³/mol. The quantitative estimate of drug-likeness (QED) is 0.495. The fourth-order valence-electron chi connectivity index (χ4n) is 2.55. The largest absolute Gasteiger partial charge is 0.320 e. The molecule has 0 fully saturated rings. The van der Waals surface area contributed by atoms with Crippen molar-refractivity contribution in [2.24, 2.45) is 7.05 Å². The van der Waals surface area contributed by atoms with E-state index in [0.29, 0.717) is 20.8 Å². The highest BCUT2D eigenvalue weighted by Gasteiger charge is 2.15. The van der Waals surface area contributed by atoms with Crippen molar-refractivity contribution < 1.29 is 4.79 Å². The lowest BCUT2D eigenvalue weighted by Crippen LogP contribution is -2.11. The van der Waals surface area contributed by atoms with Gasteiger partial charge in [0.15, 0.2) is 10.9 Å². The van der Waals surface area contributed by atoms with Crippen LogP contribution in [0.25, 0.3) is 10.9 Å². The number of aromatic nitrogens is 5. The molecular formula is C16H14ClN7OS. The molecule has 0 bridgehead atoms. The number of rotatable bonds is 4. The second kappa shape index (κ2) is 6.43. The lowest BCUT2D eigenvalue weighted by atomic mass is 10.1. The van der Waals surface area contributed by atoms with Gasteiger partial charge in [0.05, 0.1) is 23.6 Å². The number of amides is 1. The molecule has 0 unspecified atom stereocenters. The number of carbonyl (C=O) groups excluding carboxylic acids is 1. The van der Waals surface area contributed by atoms with E-state index in [4.69, 9.17) is 11.6 Å². The third kappa shape index (κ3) is 3.02. The molecule has 0 radical (unpaired) electrons. The van der Waals surface area contributed by atoms with Crippen LogP contribution in [0, 0.1) is 6.92 Å². The van der Waals surface area contributed by atoms with Gasteiger partial charge < -0.3 is 10.6 Å². The Morgan fingerprint density at radius 3 is 2.96 bits per heavy atom. The molecule has 26 heavy (non-hydrogen) atoms. The lowest BCUT2D eigenvalue weighted by molar-refractivity contribution is 0.103. The number of anilines is 3. The van der Waals surface area contributed by atoms with E-state index >= 15 is 0 Å². The van der Waals surface area contributed by atoms with Crippen molar-refractivity contribution in [1.82, 2.24) is 25.0 Å². The minimum atomic E-state index is -0.237. The molecule has 1 amide bonds. The van der Waals surface area contributed by atoms with Gasteiger partial charge in [-0.1, -0.05) is 29.0 Å². The predicted octanol–water partition coefficient (Wildman–Crippen LogP) is 3.71. The van der Waals surface area contributed by atoms with Crippen molar-refractivity contribution in [2.45, 2.75) is 6.92 Å². The van der Waals surface area contributed by atoms with E-state index in [2.05, 4.69) is 30.9 Å². The second-order valence-electron chi connectivity index (χ2n) is 5.70. The van der Waals surface area contributed by atoms with Crippen LogP contribution < -0.4 is 10.6 Å². The number of H-pyrrole nitrogens is 1. The normalized spacial score (nSPS) is 11.0. The molecule has 1 aromatic carbocycles. The number of benzene rings is 1. The van der Waals surface area contributed by atoms with Crippen LogP contribution in [0.2, 0.25) is 5.02 Å². The van der Waals surface area contributed by atoms with Gasteiger partial charge in [-0.3, -0.25) is 14.6 Å². The lowest BCUT2D eigenvalue weighted by Gasteiger charge is -2.08. The van der Waals surface area contributed by atoms with E-state index in [1.54, 1.807) is 24.1 Å². The first kappa shape index (κ1) is 16.6. The Hall–Kier alpha value is -2.91. The average Bonchev–Trinajstić information content (AvgIpc) is 3.31. The van der Waals surface area contributed by atoms with Crippen LogP contribution in [0.3, 0.4) is 0 Å². The van der Waals surface area contributed by atoms with Gasteiger partial charge >= 0.3 is 0 Å². The van der Waals surface area contributed by atoms with Crippen molar-refractivity contribution in [3.63, 3.8) is 0 Å². The number of nitrogens with one attached hydrogen (secondary N) is 3. The molecule has 132 valence electrons. The van der Waals surface area contributed by atoms with Gasteiger partial charge in [0, 0.05) is 18.6 Å². The second-order valence-corrected chi connectivity index (χ2v) is 7.13. The van der Waals surface area contributed by atoms with Crippen LogP contribution in [0.1, 0.15) is 15.2 Å². The summed E-state index contributed by atoms with van der Waals surface area (Å²) in [6, 6.07) is 3.86. The molecule has 4 aromatic rings. The molecule has 0 atom stereocenters. The summed E-state index contributed by atoms with van der Waals surface area (Å²) in [5, 5.41) is 19.0. The molecule has 0 aliphatic rings. The van der Waals surface area contributed by atoms with Crippen molar-refractivity contribution >= 4 is 56.4 Å². The van der Waals surface area contributed by atoms with E-state index in [1.807, 2.05) is 19.1 Å². The van der Waals surface area contributed by atoms with Gasteiger partial charge in [-0.25, -0.2) is 4.98 Å². The highest BCUT2D eigenvalue weighted by molar-refractivity contribution is 7.17. The summed E-state index contributed by atoms with van der Waals surface area (Å²) < 4.78 is 1.60. The van der Waals surface area contributed by atoms with Crippen molar-refractivity contribution in [3.8, 4) is 0 Å². The maximum Gasteiger partial charge on any atom is 0.267 e. The van der Waals surface area contributed by atoms with E-state index in [1.165, 1.54) is 17.5 Å². The van der Waals surface area contributed by atoms with Crippen molar-refractivity contribution in [2.75, 3.05) is 10.6 Å². The van der Waals surface area contributed by atoms with Crippen LogP contribution in [0.15, 0.2) is 30.7 Å². The van der Waals surface area contributed by atoms with E-state index in [0.717, 1.165) is 22.2 Å². The van der Waals surface area contributed by atoms with Gasteiger partial charge in [0.1, 0.15) is 9.90 Å². The first-order valence-corrected chi connectivity index (χ1v) is 8.87. The summed E-state index contributed by atoms with van der Waals surface area (Å²) in [6.45, 7) is 1.94. The molecule has 4 rings (SSSR count). The first-order chi connectivity index (χ1) is 12.5. The molecule has 0 aliphatic carbocycles. The number of halogens is 1. The van der Waals surface area contributed by atoms with Crippen LogP contribution in [0.4, 0.5) is 16.6 Å². The Bertz CT molecular complexity index is 1110. The van der Waals surface area contributed by atoms with Gasteiger partial charge in [0.25, 0.3) is 5.91 Å². The van der Waals surface area contributed by atoms with Crippen LogP contribution in [-0.2, 0) is 7.05 Å². The van der Waals surface area contributed by atoms with Crippen LogP contribution >= 0.6 is 22.9 Å². The summed E-state index contributed by atoms with van der Waals surface area (Å²) in [5.41, 5.74) is 2.55. The smallest absolute Gasteiger partial charge is 0.267 e. The molecule has 0 saturated heterocycles. The number of fused-ring (bicyclic) bond motifs is 1. The highest BCUT2D eigenvalue weighted by Crippen LogP contribution is 2.29. The number of carbonyl (C=O) groups is 1. The number of hydrogen-bond acceptors (Lipinski definition) is 6. The Morgan fingerprint density at radius 1 is 1.35 bits per heavy atom. The number of aryl methyl sites for hydroxylation is 2. The molecule has 8 nitrogen and oxygen atoms in total. The summed E-state index contributed by atoms with van der Waals surface area (Å²) in [7, 11) is 1.77. The molecule has 3 heterocycles. The zero-order chi connectivity index (χ0) is 18.3. The molecule has 3 aromatic heterocycles. The monoisotopic (exact) mass is 387 g/mol. The van der Waals surface area contributed by atoms with Gasteiger partial charge in [-0.05, 0) is 18.6 Å². The van der Waals surface area contributed by atoms with Gasteiger partial charge in [-0.2, -0.15) is 10.2 Å². The van der Waals surface area contributed by atoms with Crippen LogP contribution in [0.5, 0.6) is 0 Å². The summed E-state index contributed by atoms with van der Waals surface area (Å²) >= 11 is 7.30. The number of nitrogens with zero attached hydrogens (tertiary/aromatic N) is 4. The van der Waals surface area contributed by atoms with Crippen molar-refractivity contribution in [1.29, 1.82) is 0 Å². The Labute approximate surface area is 157 Å². The molecule has 10 heteroatoms. The Kier molecular flexibility index (Phi) is 4.09. The SMILES string of the molecule is Cc1ccc2[nH]ncc2c1NC(=O)c1cnc(Nc2nn(C)cc2Cl)s1. The maximum absolute atomic E-state index is 12.6. The topological polar surface area (TPSA) is 101 Å². The minimum Gasteiger partial charge on any atom is -0.320 e. The number of hydrogen-bond donors (Lipinski definition) is 3. The summed E-state index contributed by atoms with van der Waals surface area (Å²) in [4.78, 5) is 17.3. The molecule has 3 N–H and O–H groups in total. The fourth-order valence-corrected chi connectivity index (χ4v) is 3.49. The highest BCUT2D eigenvalue weighted by atomic mass is 35.5. The molecule has 0 saturated carbocycles. The zero-order valence-corrected chi connectivity index (χ0v) is 15.4. The number of aromatic amines is 1. The molecular weight excluding hydrogens is 374 g/mol. The minimum absolute atomic E-state index is 0.237. The van der Waals surface area contributed by atoms with E-state index in [-0.39, 0.29) is 5.91 Å². The van der Waals surface area contributed by atoms with Gasteiger partial charge in [0.2, 0.25) is 0 Å². The summed E-state index contributed by atoms with van der Waals surface area (Å²) in [5.74, 6) is 0.258. The van der Waals surface area contributed by atoms with E-state index in [9.17, 15) is 4.79 Å². The fraction of sp³-hybridized carbons (Fsp3) is 0.125. The van der Waals surface area contributed by atoms with Gasteiger partial charge in [-0.15, -0.1) is 0 Å². The average molecular weight is 388 g/mol. The maximum atomic E-state index is 12.6. The molecule has 0 aliphatic heterocycles. The van der Waals surface area contributed by atoms with E-state index < -0.39 is 0 Å².